The second kappa shape index (κ2) is 7.15. The number of fused-ring (bicyclic) bond motifs is 1. The number of hydrogen-bond acceptors (Lipinski definition) is 5. The zero-order valence-electron chi connectivity index (χ0n) is 15.0. The number of nitrogens with zero attached hydrogens (tertiary/aromatic N) is 3. The third-order valence-corrected chi connectivity index (χ3v) is 5.74. The van der Waals surface area contributed by atoms with Crippen LogP contribution in [0.25, 0.3) is 0 Å². The van der Waals surface area contributed by atoms with Crippen LogP contribution >= 0.6 is 0 Å². The first-order chi connectivity index (χ1) is 13.5. The van der Waals surface area contributed by atoms with E-state index in [-0.39, 0.29) is 29.6 Å². The third-order valence-electron chi connectivity index (χ3n) is 5.74. The number of halogens is 2. The lowest BCUT2D eigenvalue weighted by atomic mass is 9.68. The lowest BCUT2D eigenvalue weighted by Gasteiger charge is -2.37. The van der Waals surface area contributed by atoms with E-state index in [1.54, 1.807) is 0 Å². The van der Waals surface area contributed by atoms with Crippen molar-refractivity contribution in [1.29, 1.82) is 5.26 Å². The quantitative estimate of drug-likeness (QED) is 0.827. The molecule has 28 heavy (non-hydrogen) atoms. The second-order valence-corrected chi connectivity index (χ2v) is 7.49. The van der Waals surface area contributed by atoms with Gasteiger partial charge in [-0.05, 0) is 49.3 Å². The highest BCUT2D eigenvalue weighted by molar-refractivity contribution is 5.84. The first-order valence-corrected chi connectivity index (χ1v) is 9.06. The Kier molecular flexibility index (Phi) is 4.67. The fourth-order valence-corrected chi connectivity index (χ4v) is 4.27. The van der Waals surface area contributed by atoms with Gasteiger partial charge in [0, 0.05) is 12.1 Å². The average molecular weight is 384 g/mol. The summed E-state index contributed by atoms with van der Waals surface area (Å²) in [6.07, 6.45) is 5.01. The standard InChI is InChI=1S/C20H18F2N4O2/c21-15-1-2-17(22)12(3-15)8-26-19(27)20-4-13(5-20)14(6-20)11-28-18-10-24-16(7-23)9-25-18/h1-3,9-10,13-14H,4-6,8,11H2,(H,26,27)/t13?,14-,20?/m0/s1. The fraction of sp³-hybridized carbons (Fsp3) is 0.400. The van der Waals surface area contributed by atoms with E-state index in [1.165, 1.54) is 12.4 Å². The number of ether oxygens (including phenoxy) is 1. The molecule has 0 radical (unpaired) electrons. The molecule has 1 aromatic carbocycles. The highest BCUT2D eigenvalue weighted by Gasteiger charge is 2.60. The number of aromatic nitrogens is 2. The Balaban J connectivity index is 1.30. The zero-order chi connectivity index (χ0) is 19.7. The van der Waals surface area contributed by atoms with Crippen molar-refractivity contribution in [2.45, 2.75) is 25.8 Å². The van der Waals surface area contributed by atoms with E-state index in [0.29, 0.717) is 24.8 Å². The van der Waals surface area contributed by atoms with Crippen LogP contribution in [0.3, 0.4) is 0 Å². The Morgan fingerprint density at radius 3 is 2.82 bits per heavy atom. The van der Waals surface area contributed by atoms with Gasteiger partial charge in [0.25, 0.3) is 0 Å². The highest BCUT2D eigenvalue weighted by atomic mass is 19.1. The number of nitrogens with one attached hydrogen (secondary N) is 1. The van der Waals surface area contributed by atoms with Gasteiger partial charge in [-0.1, -0.05) is 0 Å². The molecule has 5 rings (SSSR count). The van der Waals surface area contributed by atoms with Gasteiger partial charge in [0.15, 0.2) is 5.69 Å². The van der Waals surface area contributed by atoms with Crippen LogP contribution in [-0.4, -0.2) is 22.5 Å². The molecule has 1 N–H and O–H groups in total. The maximum atomic E-state index is 13.7. The average Bonchev–Trinajstić information content (AvgIpc) is 3.23. The van der Waals surface area contributed by atoms with Crippen molar-refractivity contribution in [3.05, 3.63) is 53.5 Å². The molecule has 3 saturated carbocycles. The minimum absolute atomic E-state index is 0.0309. The summed E-state index contributed by atoms with van der Waals surface area (Å²) in [5, 5.41) is 11.5. The van der Waals surface area contributed by atoms with E-state index < -0.39 is 17.0 Å². The maximum absolute atomic E-state index is 13.7. The zero-order valence-corrected chi connectivity index (χ0v) is 15.0. The molecule has 2 bridgehead atoms. The van der Waals surface area contributed by atoms with Crippen molar-refractivity contribution < 1.29 is 18.3 Å². The lowest BCUT2D eigenvalue weighted by Crippen LogP contribution is -2.44. The van der Waals surface area contributed by atoms with Crippen molar-refractivity contribution in [3.8, 4) is 11.9 Å². The molecule has 3 aliphatic rings. The van der Waals surface area contributed by atoms with E-state index in [4.69, 9.17) is 10.00 Å². The van der Waals surface area contributed by atoms with Crippen LogP contribution in [-0.2, 0) is 11.3 Å². The third kappa shape index (κ3) is 3.40. The van der Waals surface area contributed by atoms with Crippen molar-refractivity contribution in [1.82, 2.24) is 15.3 Å². The summed E-state index contributed by atoms with van der Waals surface area (Å²) in [6, 6.07) is 5.10. The van der Waals surface area contributed by atoms with E-state index in [1.807, 2.05) is 6.07 Å². The van der Waals surface area contributed by atoms with Gasteiger partial charge in [0.05, 0.1) is 24.4 Å². The van der Waals surface area contributed by atoms with Crippen LogP contribution in [0.15, 0.2) is 30.6 Å². The van der Waals surface area contributed by atoms with Crippen LogP contribution < -0.4 is 10.1 Å². The van der Waals surface area contributed by atoms with E-state index in [0.717, 1.165) is 31.0 Å². The van der Waals surface area contributed by atoms with Crippen LogP contribution in [0.5, 0.6) is 5.88 Å². The molecule has 144 valence electrons. The van der Waals surface area contributed by atoms with Crippen molar-refractivity contribution in [2.24, 2.45) is 17.3 Å². The number of hydrogen-bond donors (Lipinski definition) is 1. The summed E-state index contributed by atoms with van der Waals surface area (Å²) < 4.78 is 32.6. The summed E-state index contributed by atoms with van der Waals surface area (Å²) in [7, 11) is 0. The Morgan fingerprint density at radius 2 is 2.11 bits per heavy atom. The molecular weight excluding hydrogens is 366 g/mol. The highest BCUT2D eigenvalue weighted by Crippen LogP contribution is 2.61. The smallest absolute Gasteiger partial charge is 0.232 e. The Bertz CT molecular complexity index is 936. The fourth-order valence-electron chi connectivity index (χ4n) is 4.27. The molecule has 1 atom stereocenters. The van der Waals surface area contributed by atoms with Gasteiger partial charge >= 0.3 is 0 Å². The van der Waals surface area contributed by atoms with Crippen LogP contribution in [0.4, 0.5) is 8.78 Å². The summed E-state index contributed by atoms with van der Waals surface area (Å²) in [5.74, 6) is -0.197. The van der Waals surface area contributed by atoms with Gasteiger partial charge in [-0.3, -0.25) is 4.79 Å². The number of rotatable bonds is 6. The first-order valence-electron chi connectivity index (χ1n) is 9.06. The van der Waals surface area contributed by atoms with Crippen LogP contribution in [0, 0.1) is 40.2 Å². The largest absolute Gasteiger partial charge is 0.476 e. The minimum atomic E-state index is -0.535. The predicted molar refractivity (Wildman–Crippen MR) is 93.7 cm³/mol. The Morgan fingerprint density at radius 1 is 1.29 bits per heavy atom. The second-order valence-electron chi connectivity index (χ2n) is 7.49. The molecule has 0 saturated heterocycles. The molecule has 8 heteroatoms. The molecule has 1 amide bonds. The molecule has 3 aliphatic carbocycles. The van der Waals surface area contributed by atoms with Crippen molar-refractivity contribution >= 4 is 5.91 Å². The topological polar surface area (TPSA) is 87.9 Å². The van der Waals surface area contributed by atoms with Gasteiger partial charge in [-0.25, -0.2) is 18.7 Å². The molecule has 0 spiro atoms. The molecule has 2 aromatic rings. The Labute approximate surface area is 160 Å². The molecule has 1 aromatic heterocycles. The summed E-state index contributed by atoms with van der Waals surface area (Å²) in [6.45, 7) is 0.398. The van der Waals surface area contributed by atoms with E-state index >= 15 is 0 Å². The van der Waals surface area contributed by atoms with Gasteiger partial charge in [-0.2, -0.15) is 5.26 Å². The molecule has 0 aliphatic heterocycles. The summed E-state index contributed by atoms with van der Waals surface area (Å²) >= 11 is 0. The van der Waals surface area contributed by atoms with E-state index in [2.05, 4.69) is 15.3 Å². The Hall–Kier alpha value is -3.08. The molecular formula is C20H18F2N4O2. The number of carbonyl (C=O) groups excluding carboxylic acids is 1. The molecule has 1 heterocycles. The van der Waals surface area contributed by atoms with Gasteiger partial charge in [0.1, 0.15) is 17.7 Å². The number of benzene rings is 1. The molecule has 0 unspecified atom stereocenters. The van der Waals surface area contributed by atoms with Gasteiger partial charge in [0.2, 0.25) is 11.8 Å². The van der Waals surface area contributed by atoms with Crippen molar-refractivity contribution in [2.75, 3.05) is 6.61 Å². The minimum Gasteiger partial charge on any atom is -0.476 e. The first kappa shape index (κ1) is 18.3. The predicted octanol–water partition coefficient (Wildman–Crippen LogP) is 2.74. The van der Waals surface area contributed by atoms with Gasteiger partial charge < -0.3 is 10.1 Å². The number of carbonyl (C=O) groups is 1. The van der Waals surface area contributed by atoms with Crippen LogP contribution in [0.2, 0.25) is 0 Å². The SMILES string of the molecule is N#Cc1cnc(OC[C@@H]2CC3(C(=O)NCc4cc(F)ccc4F)CC2C3)cn1. The number of amides is 1. The van der Waals surface area contributed by atoms with Crippen molar-refractivity contribution in [3.63, 3.8) is 0 Å². The lowest BCUT2D eigenvalue weighted by molar-refractivity contribution is -0.135. The normalized spacial score (nSPS) is 24.9. The monoisotopic (exact) mass is 384 g/mol. The summed E-state index contributed by atoms with van der Waals surface area (Å²) in [4.78, 5) is 20.6. The van der Waals surface area contributed by atoms with Crippen LogP contribution in [0.1, 0.15) is 30.5 Å². The van der Waals surface area contributed by atoms with E-state index in [9.17, 15) is 13.6 Å². The maximum Gasteiger partial charge on any atom is 0.232 e. The summed E-state index contributed by atoms with van der Waals surface area (Å²) in [5.41, 5.74) is -0.0857. The molecule has 6 nitrogen and oxygen atoms in total. The van der Waals surface area contributed by atoms with Gasteiger partial charge in [-0.15, -0.1) is 0 Å². The molecule has 3 fully saturated rings. The number of nitriles is 1.